The maximum absolute atomic E-state index is 9.12. The van der Waals surface area contributed by atoms with Crippen LogP contribution in [-0.2, 0) is 4.74 Å². The van der Waals surface area contributed by atoms with Gasteiger partial charge in [0.1, 0.15) is 18.5 Å². The summed E-state index contributed by atoms with van der Waals surface area (Å²) in [5.74, 6) is 0.218. The zero-order valence-corrected chi connectivity index (χ0v) is 6.93. The minimum atomic E-state index is -0.172. The molecular weight excluding hydrogens is 172 g/mol. The van der Waals surface area contributed by atoms with Crippen molar-refractivity contribution in [3.8, 4) is 17.2 Å². The molecule has 0 amide bonds. The van der Waals surface area contributed by atoms with Crippen molar-refractivity contribution in [3.63, 3.8) is 0 Å². The lowest BCUT2D eigenvalue weighted by Gasteiger charge is -2.04. The third kappa shape index (κ3) is 2.03. The zero-order chi connectivity index (χ0) is 9.26. The minimum Gasteiger partial charge on any atom is -0.504 e. The molecule has 0 spiro atoms. The van der Waals surface area contributed by atoms with Gasteiger partial charge in [0.25, 0.3) is 0 Å². The average Bonchev–Trinajstić information content (AvgIpc) is 2.91. The van der Waals surface area contributed by atoms with E-state index in [0.717, 1.165) is 6.61 Å². The van der Waals surface area contributed by atoms with Gasteiger partial charge >= 0.3 is 0 Å². The Bertz CT molecular complexity index is 306. The van der Waals surface area contributed by atoms with Crippen LogP contribution in [0.2, 0.25) is 0 Å². The van der Waals surface area contributed by atoms with Crippen LogP contribution >= 0.6 is 0 Å². The van der Waals surface area contributed by atoms with Crippen LogP contribution in [0.4, 0.5) is 0 Å². The molecule has 0 radical (unpaired) electrons. The van der Waals surface area contributed by atoms with Crippen LogP contribution in [0.5, 0.6) is 17.2 Å². The second-order valence-electron chi connectivity index (χ2n) is 2.92. The molecule has 1 aromatic rings. The van der Waals surface area contributed by atoms with Gasteiger partial charge < -0.3 is 19.7 Å². The second-order valence-corrected chi connectivity index (χ2v) is 2.92. The molecule has 0 bridgehead atoms. The average molecular weight is 182 g/mol. The molecule has 4 nitrogen and oxygen atoms in total. The first-order chi connectivity index (χ1) is 6.25. The number of phenols is 2. The molecule has 1 aliphatic rings. The monoisotopic (exact) mass is 182 g/mol. The predicted octanol–water partition coefficient (Wildman–Crippen LogP) is 0.875. The molecule has 2 N–H and O–H groups in total. The van der Waals surface area contributed by atoms with Crippen molar-refractivity contribution < 1.29 is 19.7 Å². The number of phenolic OH excluding ortho intramolecular Hbond substituents is 2. The standard InChI is InChI=1S/C9H10O4/c10-8-2-1-6(3-9(8)11)12-4-7-5-13-7/h1-3,7,10-11H,4-5H2. The fraction of sp³-hybridized carbons (Fsp3) is 0.333. The molecular formula is C9H10O4. The number of benzene rings is 1. The van der Waals surface area contributed by atoms with E-state index in [1.54, 1.807) is 6.07 Å². The van der Waals surface area contributed by atoms with E-state index in [2.05, 4.69) is 0 Å². The number of ether oxygens (including phenoxy) is 2. The Hall–Kier alpha value is -1.42. The minimum absolute atomic E-state index is 0.143. The first-order valence-corrected chi connectivity index (χ1v) is 4.02. The van der Waals surface area contributed by atoms with Gasteiger partial charge in [-0.25, -0.2) is 0 Å². The van der Waals surface area contributed by atoms with Gasteiger partial charge in [-0.05, 0) is 12.1 Å². The van der Waals surface area contributed by atoms with Crippen LogP contribution in [0.25, 0.3) is 0 Å². The molecule has 70 valence electrons. The highest BCUT2D eigenvalue weighted by atomic mass is 16.6. The molecule has 1 aromatic carbocycles. The molecule has 1 heterocycles. The van der Waals surface area contributed by atoms with Crippen LogP contribution in [-0.4, -0.2) is 29.5 Å². The Morgan fingerprint density at radius 3 is 2.77 bits per heavy atom. The van der Waals surface area contributed by atoms with E-state index >= 15 is 0 Å². The Morgan fingerprint density at radius 1 is 1.38 bits per heavy atom. The number of rotatable bonds is 3. The van der Waals surface area contributed by atoms with E-state index in [4.69, 9.17) is 19.7 Å². The molecule has 0 saturated carbocycles. The highest BCUT2D eigenvalue weighted by Crippen LogP contribution is 2.28. The Morgan fingerprint density at radius 2 is 2.15 bits per heavy atom. The lowest BCUT2D eigenvalue weighted by molar-refractivity contribution is 0.261. The summed E-state index contributed by atoms with van der Waals surface area (Å²) in [6.07, 6.45) is 0.191. The molecule has 0 aromatic heterocycles. The van der Waals surface area contributed by atoms with Gasteiger partial charge in [0.05, 0.1) is 6.61 Å². The highest BCUT2D eigenvalue weighted by Gasteiger charge is 2.23. The fourth-order valence-electron chi connectivity index (χ4n) is 0.946. The quantitative estimate of drug-likeness (QED) is 0.538. The Kier molecular flexibility index (Phi) is 1.98. The van der Waals surface area contributed by atoms with Crippen LogP contribution in [0.1, 0.15) is 0 Å². The summed E-state index contributed by atoms with van der Waals surface area (Å²) in [4.78, 5) is 0. The van der Waals surface area contributed by atoms with Crippen LogP contribution in [0, 0.1) is 0 Å². The van der Waals surface area contributed by atoms with Gasteiger partial charge in [-0.1, -0.05) is 0 Å². The van der Waals surface area contributed by atoms with E-state index in [1.165, 1.54) is 12.1 Å². The lowest BCUT2D eigenvalue weighted by atomic mass is 10.3. The largest absolute Gasteiger partial charge is 0.504 e. The predicted molar refractivity (Wildman–Crippen MR) is 45.0 cm³/mol. The molecule has 1 unspecified atom stereocenters. The summed E-state index contributed by atoms with van der Waals surface area (Å²) in [7, 11) is 0. The SMILES string of the molecule is Oc1ccc(OCC2CO2)cc1O. The summed E-state index contributed by atoms with van der Waals surface area (Å²) in [5.41, 5.74) is 0. The number of epoxide rings is 1. The molecule has 1 saturated heterocycles. The van der Waals surface area contributed by atoms with E-state index in [0.29, 0.717) is 12.4 Å². The second kappa shape index (κ2) is 3.14. The first-order valence-electron chi connectivity index (χ1n) is 4.02. The molecule has 2 rings (SSSR count). The van der Waals surface area contributed by atoms with Crippen LogP contribution < -0.4 is 4.74 Å². The van der Waals surface area contributed by atoms with Crippen LogP contribution in [0.15, 0.2) is 18.2 Å². The fourth-order valence-corrected chi connectivity index (χ4v) is 0.946. The van der Waals surface area contributed by atoms with Crippen molar-refractivity contribution in [1.82, 2.24) is 0 Å². The van der Waals surface area contributed by atoms with Crippen LogP contribution in [0.3, 0.4) is 0 Å². The van der Waals surface area contributed by atoms with Crippen molar-refractivity contribution in [2.45, 2.75) is 6.10 Å². The molecule has 13 heavy (non-hydrogen) atoms. The number of hydrogen-bond acceptors (Lipinski definition) is 4. The third-order valence-corrected chi connectivity index (χ3v) is 1.79. The number of hydrogen-bond donors (Lipinski definition) is 2. The van der Waals surface area contributed by atoms with Gasteiger partial charge in [-0.2, -0.15) is 0 Å². The van der Waals surface area contributed by atoms with Crippen molar-refractivity contribution >= 4 is 0 Å². The Balaban J connectivity index is 1.98. The lowest BCUT2D eigenvalue weighted by Crippen LogP contribution is -2.03. The van der Waals surface area contributed by atoms with E-state index < -0.39 is 0 Å². The normalized spacial score (nSPS) is 19.8. The highest BCUT2D eigenvalue weighted by molar-refractivity contribution is 5.43. The maximum atomic E-state index is 9.12. The number of aromatic hydroxyl groups is 2. The van der Waals surface area contributed by atoms with Crippen molar-refractivity contribution in [1.29, 1.82) is 0 Å². The molecule has 1 atom stereocenters. The molecule has 0 aliphatic carbocycles. The zero-order valence-electron chi connectivity index (χ0n) is 6.93. The molecule has 1 fully saturated rings. The topological polar surface area (TPSA) is 62.2 Å². The van der Waals surface area contributed by atoms with Gasteiger partial charge in [0.2, 0.25) is 0 Å². The third-order valence-electron chi connectivity index (χ3n) is 1.79. The van der Waals surface area contributed by atoms with Gasteiger partial charge in [-0.15, -0.1) is 0 Å². The molecule has 4 heteroatoms. The summed E-state index contributed by atoms with van der Waals surface area (Å²) < 4.78 is 10.2. The van der Waals surface area contributed by atoms with E-state index in [-0.39, 0.29) is 17.6 Å². The smallest absolute Gasteiger partial charge is 0.161 e. The summed E-state index contributed by atoms with van der Waals surface area (Å²) >= 11 is 0. The summed E-state index contributed by atoms with van der Waals surface area (Å²) in [6, 6.07) is 4.35. The van der Waals surface area contributed by atoms with Gasteiger partial charge in [-0.3, -0.25) is 0 Å². The summed E-state index contributed by atoms with van der Waals surface area (Å²) in [5, 5.41) is 18.1. The van der Waals surface area contributed by atoms with E-state index in [1.807, 2.05) is 0 Å². The van der Waals surface area contributed by atoms with Gasteiger partial charge in [0.15, 0.2) is 11.5 Å². The van der Waals surface area contributed by atoms with Crippen molar-refractivity contribution in [2.24, 2.45) is 0 Å². The molecule has 1 aliphatic heterocycles. The van der Waals surface area contributed by atoms with Gasteiger partial charge in [0, 0.05) is 6.07 Å². The first kappa shape index (κ1) is 8.19. The maximum Gasteiger partial charge on any atom is 0.161 e. The summed E-state index contributed by atoms with van der Waals surface area (Å²) in [6.45, 7) is 1.23. The van der Waals surface area contributed by atoms with Crippen molar-refractivity contribution in [3.05, 3.63) is 18.2 Å². The van der Waals surface area contributed by atoms with Crippen molar-refractivity contribution in [2.75, 3.05) is 13.2 Å². The van der Waals surface area contributed by atoms with E-state index in [9.17, 15) is 0 Å². The Labute approximate surface area is 75.3 Å².